The van der Waals surface area contributed by atoms with Crippen LogP contribution in [0.15, 0.2) is 34.9 Å². The van der Waals surface area contributed by atoms with E-state index in [1.54, 1.807) is 7.11 Å². The third-order valence-electron chi connectivity index (χ3n) is 3.28. The lowest BCUT2D eigenvalue weighted by Gasteiger charge is -2.15. The summed E-state index contributed by atoms with van der Waals surface area (Å²) in [5.74, 6) is 0.856. The Morgan fingerprint density at radius 2 is 2.20 bits per heavy atom. The zero-order valence-corrected chi connectivity index (χ0v) is 13.6. The molecule has 0 spiro atoms. The van der Waals surface area contributed by atoms with Gasteiger partial charge in [-0.3, -0.25) is 4.68 Å². The van der Waals surface area contributed by atoms with Crippen molar-refractivity contribution in [3.63, 3.8) is 0 Å². The van der Waals surface area contributed by atoms with E-state index in [-0.39, 0.29) is 0 Å². The summed E-state index contributed by atoms with van der Waals surface area (Å²) < 4.78 is 8.06. The number of halogens is 1. The second-order valence-electron chi connectivity index (χ2n) is 4.80. The maximum atomic E-state index is 5.24. The van der Waals surface area contributed by atoms with E-state index in [0.29, 0.717) is 6.04 Å². The van der Waals surface area contributed by atoms with Crippen LogP contribution in [0, 0.1) is 0 Å². The van der Waals surface area contributed by atoms with E-state index in [2.05, 4.69) is 51.5 Å². The molecule has 20 heavy (non-hydrogen) atoms. The molecule has 108 valence electrons. The maximum Gasteiger partial charge on any atom is 0.133 e. The van der Waals surface area contributed by atoms with E-state index in [4.69, 9.17) is 4.74 Å². The van der Waals surface area contributed by atoms with Gasteiger partial charge in [0, 0.05) is 32.3 Å². The predicted octanol–water partition coefficient (Wildman–Crippen LogP) is 3.08. The van der Waals surface area contributed by atoms with Crippen LogP contribution >= 0.6 is 15.9 Å². The summed E-state index contributed by atoms with van der Waals surface area (Å²) in [7, 11) is 3.61. The lowest BCUT2D eigenvalue weighted by atomic mass is 10.1. The van der Waals surface area contributed by atoms with Crippen LogP contribution in [0.1, 0.15) is 24.2 Å². The SMILES string of the molecule is COc1ccc(C(C)NCCc2ccn(C)n2)cc1Br. The molecule has 5 heteroatoms. The average Bonchev–Trinajstić information content (AvgIpc) is 2.84. The van der Waals surface area contributed by atoms with Gasteiger partial charge in [-0.1, -0.05) is 6.07 Å². The van der Waals surface area contributed by atoms with Gasteiger partial charge in [0.05, 0.1) is 17.3 Å². The predicted molar refractivity (Wildman–Crippen MR) is 84.0 cm³/mol. The minimum atomic E-state index is 0.293. The Labute approximate surface area is 128 Å². The third-order valence-corrected chi connectivity index (χ3v) is 3.90. The first-order valence-electron chi connectivity index (χ1n) is 6.65. The van der Waals surface area contributed by atoms with Gasteiger partial charge in [0.15, 0.2) is 0 Å². The van der Waals surface area contributed by atoms with Gasteiger partial charge in [-0.05, 0) is 46.6 Å². The fraction of sp³-hybridized carbons (Fsp3) is 0.400. The largest absolute Gasteiger partial charge is 0.496 e. The summed E-state index contributed by atoms with van der Waals surface area (Å²) >= 11 is 3.52. The van der Waals surface area contributed by atoms with Crippen molar-refractivity contribution in [2.45, 2.75) is 19.4 Å². The Bertz CT molecular complexity index is 568. The molecule has 4 nitrogen and oxygen atoms in total. The molecule has 1 atom stereocenters. The Kier molecular flexibility index (Phi) is 5.20. The molecule has 2 rings (SSSR count). The van der Waals surface area contributed by atoms with Crippen LogP contribution in [-0.4, -0.2) is 23.4 Å². The van der Waals surface area contributed by atoms with Crippen molar-refractivity contribution in [2.24, 2.45) is 7.05 Å². The average molecular weight is 338 g/mol. The second kappa shape index (κ2) is 6.90. The van der Waals surface area contributed by atoms with Crippen molar-refractivity contribution in [1.82, 2.24) is 15.1 Å². The summed E-state index contributed by atoms with van der Waals surface area (Å²) in [6, 6.07) is 8.51. The smallest absolute Gasteiger partial charge is 0.133 e. The standard InChI is InChI=1S/C15H20BrN3O/c1-11(12-4-5-15(20-3)14(16)10-12)17-8-6-13-7-9-19(2)18-13/h4-5,7,9-11,17H,6,8H2,1-3H3. The van der Waals surface area contributed by atoms with E-state index >= 15 is 0 Å². The molecule has 1 heterocycles. The van der Waals surface area contributed by atoms with E-state index in [1.807, 2.05) is 24.0 Å². The molecular weight excluding hydrogens is 318 g/mol. The van der Waals surface area contributed by atoms with Crippen LogP contribution in [0.25, 0.3) is 0 Å². The lowest BCUT2D eigenvalue weighted by molar-refractivity contribution is 0.411. The minimum absolute atomic E-state index is 0.293. The van der Waals surface area contributed by atoms with Gasteiger partial charge in [-0.25, -0.2) is 0 Å². The van der Waals surface area contributed by atoms with Gasteiger partial charge in [-0.2, -0.15) is 5.10 Å². The fourth-order valence-electron chi connectivity index (χ4n) is 2.08. The number of hydrogen-bond donors (Lipinski definition) is 1. The molecule has 2 aromatic rings. The summed E-state index contributed by atoms with van der Waals surface area (Å²) in [6.45, 7) is 3.06. The highest BCUT2D eigenvalue weighted by atomic mass is 79.9. The van der Waals surface area contributed by atoms with Crippen LogP contribution in [-0.2, 0) is 13.5 Å². The molecule has 1 unspecified atom stereocenters. The molecule has 1 aromatic heterocycles. The van der Waals surface area contributed by atoms with Gasteiger partial charge < -0.3 is 10.1 Å². The van der Waals surface area contributed by atoms with Crippen molar-refractivity contribution in [1.29, 1.82) is 0 Å². The normalized spacial score (nSPS) is 12.4. The minimum Gasteiger partial charge on any atom is -0.496 e. The first-order valence-corrected chi connectivity index (χ1v) is 7.45. The van der Waals surface area contributed by atoms with Crippen LogP contribution in [0.5, 0.6) is 5.75 Å². The molecular formula is C15H20BrN3O. The number of aromatic nitrogens is 2. The van der Waals surface area contributed by atoms with Gasteiger partial charge in [-0.15, -0.1) is 0 Å². The Hall–Kier alpha value is -1.33. The van der Waals surface area contributed by atoms with E-state index < -0.39 is 0 Å². The first-order chi connectivity index (χ1) is 9.60. The summed E-state index contributed by atoms with van der Waals surface area (Å²) in [4.78, 5) is 0. The summed E-state index contributed by atoms with van der Waals surface area (Å²) in [5, 5.41) is 7.88. The molecule has 1 N–H and O–H groups in total. The molecule has 0 aliphatic rings. The number of aryl methyl sites for hydroxylation is 1. The highest BCUT2D eigenvalue weighted by Crippen LogP contribution is 2.27. The Morgan fingerprint density at radius 1 is 1.40 bits per heavy atom. The lowest BCUT2D eigenvalue weighted by Crippen LogP contribution is -2.21. The van der Waals surface area contributed by atoms with Gasteiger partial charge >= 0.3 is 0 Å². The van der Waals surface area contributed by atoms with Crippen molar-refractivity contribution in [3.8, 4) is 5.75 Å². The summed E-state index contributed by atoms with van der Waals surface area (Å²) in [6.07, 6.45) is 2.90. The number of rotatable bonds is 6. The monoisotopic (exact) mass is 337 g/mol. The van der Waals surface area contributed by atoms with Crippen molar-refractivity contribution < 1.29 is 4.74 Å². The summed E-state index contributed by atoms with van der Waals surface area (Å²) in [5.41, 5.74) is 2.35. The molecule has 0 radical (unpaired) electrons. The molecule has 0 aliphatic carbocycles. The van der Waals surface area contributed by atoms with Crippen LogP contribution in [0.4, 0.5) is 0 Å². The molecule has 0 bridgehead atoms. The highest BCUT2D eigenvalue weighted by Gasteiger charge is 2.08. The molecule has 0 fully saturated rings. The van der Waals surface area contributed by atoms with Gasteiger partial charge in [0.1, 0.15) is 5.75 Å². The Balaban J connectivity index is 1.88. The second-order valence-corrected chi connectivity index (χ2v) is 5.65. The molecule has 0 aliphatic heterocycles. The number of ether oxygens (including phenoxy) is 1. The van der Waals surface area contributed by atoms with Crippen LogP contribution < -0.4 is 10.1 Å². The molecule has 1 aromatic carbocycles. The van der Waals surface area contributed by atoms with Crippen molar-refractivity contribution in [3.05, 3.63) is 46.2 Å². The van der Waals surface area contributed by atoms with Gasteiger partial charge in [0.2, 0.25) is 0 Å². The fourth-order valence-corrected chi connectivity index (χ4v) is 2.64. The quantitative estimate of drug-likeness (QED) is 0.880. The van der Waals surface area contributed by atoms with Gasteiger partial charge in [0.25, 0.3) is 0 Å². The zero-order valence-electron chi connectivity index (χ0n) is 12.1. The van der Waals surface area contributed by atoms with E-state index in [1.165, 1.54) is 5.56 Å². The highest BCUT2D eigenvalue weighted by molar-refractivity contribution is 9.10. The van der Waals surface area contributed by atoms with Crippen molar-refractivity contribution in [2.75, 3.05) is 13.7 Å². The van der Waals surface area contributed by atoms with Crippen molar-refractivity contribution >= 4 is 15.9 Å². The van der Waals surface area contributed by atoms with Crippen LogP contribution in [0.2, 0.25) is 0 Å². The zero-order chi connectivity index (χ0) is 14.5. The first kappa shape index (κ1) is 15.1. The molecule has 0 saturated carbocycles. The third kappa shape index (κ3) is 3.84. The number of hydrogen-bond acceptors (Lipinski definition) is 3. The molecule has 0 amide bonds. The molecule has 0 saturated heterocycles. The number of nitrogens with one attached hydrogen (secondary N) is 1. The van der Waals surface area contributed by atoms with E-state index in [0.717, 1.165) is 28.9 Å². The number of benzene rings is 1. The number of nitrogens with zero attached hydrogens (tertiary/aromatic N) is 2. The van der Waals surface area contributed by atoms with Crippen LogP contribution in [0.3, 0.4) is 0 Å². The number of methoxy groups -OCH3 is 1. The van der Waals surface area contributed by atoms with E-state index in [9.17, 15) is 0 Å². The maximum absolute atomic E-state index is 5.24. The topological polar surface area (TPSA) is 39.1 Å². The Morgan fingerprint density at radius 3 is 2.80 bits per heavy atom.